The van der Waals surface area contributed by atoms with Crippen molar-refractivity contribution in [2.75, 3.05) is 16.6 Å². The van der Waals surface area contributed by atoms with Gasteiger partial charge in [0.1, 0.15) is 0 Å². The standard InChI is InChI=1S/C25H25N3O4S/c1-3-18-14-20(16-22(15-18)28-33(30,31)23-8-6-5-7-9-23)24(25(29)32-4-2)27-21-12-10-19(17-26)11-13-21/h5-16,24,27-28H,3-4H2,1-2H3. The molecule has 0 fully saturated rings. The van der Waals surface area contributed by atoms with Gasteiger partial charge in [-0.2, -0.15) is 5.26 Å². The Morgan fingerprint density at radius 1 is 1.00 bits per heavy atom. The maximum Gasteiger partial charge on any atom is 0.333 e. The zero-order valence-corrected chi connectivity index (χ0v) is 19.2. The van der Waals surface area contributed by atoms with Gasteiger partial charge in [-0.15, -0.1) is 0 Å². The first-order valence-corrected chi connectivity index (χ1v) is 12.0. The van der Waals surface area contributed by atoms with Crippen molar-refractivity contribution in [1.29, 1.82) is 5.26 Å². The Bertz CT molecular complexity index is 1250. The molecular weight excluding hydrogens is 438 g/mol. The van der Waals surface area contributed by atoms with E-state index in [1.54, 1.807) is 61.5 Å². The summed E-state index contributed by atoms with van der Waals surface area (Å²) in [6.45, 7) is 3.87. The molecule has 1 atom stereocenters. The lowest BCUT2D eigenvalue weighted by Gasteiger charge is -2.21. The Labute approximate surface area is 194 Å². The molecule has 0 amide bonds. The second-order valence-corrected chi connectivity index (χ2v) is 8.94. The van der Waals surface area contributed by atoms with Crippen molar-refractivity contribution in [1.82, 2.24) is 0 Å². The van der Waals surface area contributed by atoms with Crippen LogP contribution < -0.4 is 10.0 Å². The molecule has 2 N–H and O–H groups in total. The summed E-state index contributed by atoms with van der Waals surface area (Å²) in [6, 6.07) is 21.2. The fourth-order valence-electron chi connectivity index (χ4n) is 3.27. The van der Waals surface area contributed by atoms with E-state index in [0.717, 1.165) is 5.56 Å². The van der Waals surface area contributed by atoms with Gasteiger partial charge in [0, 0.05) is 11.4 Å². The smallest absolute Gasteiger partial charge is 0.333 e. The summed E-state index contributed by atoms with van der Waals surface area (Å²) in [7, 11) is -3.80. The van der Waals surface area contributed by atoms with Crippen molar-refractivity contribution in [3.05, 3.63) is 89.5 Å². The predicted molar refractivity (Wildman–Crippen MR) is 127 cm³/mol. The van der Waals surface area contributed by atoms with Crippen LogP contribution in [0.2, 0.25) is 0 Å². The molecule has 7 nitrogen and oxygen atoms in total. The highest BCUT2D eigenvalue weighted by Gasteiger charge is 2.24. The summed E-state index contributed by atoms with van der Waals surface area (Å²) in [5.74, 6) is -0.494. The van der Waals surface area contributed by atoms with E-state index in [4.69, 9.17) is 10.00 Å². The van der Waals surface area contributed by atoms with Crippen molar-refractivity contribution in [2.24, 2.45) is 0 Å². The zero-order valence-electron chi connectivity index (χ0n) is 18.4. The van der Waals surface area contributed by atoms with Gasteiger partial charge in [0.15, 0.2) is 6.04 Å². The van der Waals surface area contributed by atoms with Crippen molar-refractivity contribution in [3.63, 3.8) is 0 Å². The molecule has 0 aliphatic heterocycles. The molecule has 33 heavy (non-hydrogen) atoms. The molecule has 8 heteroatoms. The second-order valence-electron chi connectivity index (χ2n) is 7.25. The third-order valence-corrected chi connectivity index (χ3v) is 6.31. The molecule has 3 rings (SSSR count). The van der Waals surface area contributed by atoms with E-state index in [1.165, 1.54) is 12.1 Å². The molecule has 0 radical (unpaired) electrons. The number of ether oxygens (including phenoxy) is 1. The molecule has 0 heterocycles. The SMILES string of the molecule is CCOC(=O)C(Nc1ccc(C#N)cc1)c1cc(CC)cc(NS(=O)(=O)c2ccccc2)c1. The minimum Gasteiger partial charge on any atom is -0.464 e. The molecule has 3 aromatic rings. The highest BCUT2D eigenvalue weighted by atomic mass is 32.2. The number of esters is 1. The number of benzene rings is 3. The van der Waals surface area contributed by atoms with Gasteiger partial charge in [-0.05, 0) is 73.0 Å². The number of rotatable bonds is 9. The molecule has 0 bridgehead atoms. The number of nitrogens with one attached hydrogen (secondary N) is 2. The summed E-state index contributed by atoms with van der Waals surface area (Å²) in [6.07, 6.45) is 0.639. The van der Waals surface area contributed by atoms with E-state index >= 15 is 0 Å². The van der Waals surface area contributed by atoms with Crippen LogP contribution in [0.25, 0.3) is 0 Å². The fraction of sp³-hybridized carbons (Fsp3) is 0.200. The topological polar surface area (TPSA) is 108 Å². The highest BCUT2D eigenvalue weighted by Crippen LogP contribution is 2.27. The molecule has 0 spiro atoms. The van der Waals surface area contributed by atoms with Gasteiger partial charge in [0.2, 0.25) is 0 Å². The lowest BCUT2D eigenvalue weighted by molar-refractivity contribution is -0.144. The fourth-order valence-corrected chi connectivity index (χ4v) is 4.33. The number of nitrogens with zero attached hydrogens (tertiary/aromatic N) is 1. The number of hydrogen-bond acceptors (Lipinski definition) is 6. The van der Waals surface area contributed by atoms with E-state index < -0.39 is 22.0 Å². The monoisotopic (exact) mass is 463 g/mol. The zero-order chi connectivity index (χ0) is 23.8. The Hall–Kier alpha value is -3.83. The van der Waals surface area contributed by atoms with E-state index in [1.807, 2.05) is 13.0 Å². The third kappa shape index (κ3) is 6.11. The molecule has 0 saturated heterocycles. The van der Waals surface area contributed by atoms with Gasteiger partial charge in [0.05, 0.1) is 23.1 Å². The van der Waals surface area contributed by atoms with Crippen LogP contribution in [0.15, 0.2) is 77.7 Å². The Morgan fingerprint density at radius 2 is 1.70 bits per heavy atom. The van der Waals surface area contributed by atoms with Crippen LogP contribution in [0.4, 0.5) is 11.4 Å². The van der Waals surface area contributed by atoms with Gasteiger partial charge in [-0.25, -0.2) is 13.2 Å². The number of carbonyl (C=O) groups is 1. The van der Waals surface area contributed by atoms with E-state index in [9.17, 15) is 13.2 Å². The number of anilines is 2. The van der Waals surface area contributed by atoms with E-state index in [0.29, 0.717) is 28.9 Å². The number of nitriles is 1. The molecule has 0 aliphatic carbocycles. The average Bonchev–Trinajstić information content (AvgIpc) is 2.83. The van der Waals surface area contributed by atoms with Crippen molar-refractivity contribution in [3.8, 4) is 6.07 Å². The predicted octanol–water partition coefficient (Wildman–Crippen LogP) is 4.64. The van der Waals surface area contributed by atoms with E-state index in [-0.39, 0.29) is 11.5 Å². The van der Waals surface area contributed by atoms with Crippen molar-refractivity contribution < 1.29 is 17.9 Å². The van der Waals surface area contributed by atoms with Gasteiger partial charge >= 0.3 is 5.97 Å². The van der Waals surface area contributed by atoms with Crippen molar-refractivity contribution in [2.45, 2.75) is 31.2 Å². The number of sulfonamides is 1. The lowest BCUT2D eigenvalue weighted by Crippen LogP contribution is -2.24. The van der Waals surface area contributed by atoms with Crippen LogP contribution in [-0.4, -0.2) is 21.0 Å². The normalized spacial score (nSPS) is 11.8. The lowest BCUT2D eigenvalue weighted by atomic mass is 10.0. The van der Waals surface area contributed by atoms with Crippen LogP contribution >= 0.6 is 0 Å². The molecule has 1 unspecified atom stereocenters. The first-order chi connectivity index (χ1) is 15.9. The van der Waals surface area contributed by atoms with Gasteiger partial charge in [-0.3, -0.25) is 4.72 Å². The molecule has 0 aromatic heterocycles. The Kier molecular flexibility index (Phi) is 7.70. The Morgan fingerprint density at radius 3 is 2.30 bits per heavy atom. The maximum atomic E-state index is 12.8. The molecule has 170 valence electrons. The molecular formula is C25H25N3O4S. The third-order valence-electron chi connectivity index (χ3n) is 4.91. The first-order valence-electron chi connectivity index (χ1n) is 10.5. The van der Waals surface area contributed by atoms with Crippen LogP contribution in [0.1, 0.15) is 36.6 Å². The minimum atomic E-state index is -3.80. The van der Waals surface area contributed by atoms with Crippen LogP contribution in [0.5, 0.6) is 0 Å². The number of aryl methyl sites for hydroxylation is 1. The summed E-state index contributed by atoms with van der Waals surface area (Å²) in [4.78, 5) is 13.0. The number of hydrogen-bond donors (Lipinski definition) is 2. The van der Waals surface area contributed by atoms with Crippen LogP contribution in [0, 0.1) is 11.3 Å². The van der Waals surface area contributed by atoms with Gasteiger partial charge in [-0.1, -0.05) is 31.2 Å². The highest BCUT2D eigenvalue weighted by molar-refractivity contribution is 7.92. The maximum absolute atomic E-state index is 12.8. The number of carbonyl (C=O) groups excluding carboxylic acids is 1. The molecule has 0 aliphatic rings. The van der Waals surface area contributed by atoms with Crippen LogP contribution in [0.3, 0.4) is 0 Å². The van der Waals surface area contributed by atoms with Gasteiger partial charge < -0.3 is 10.1 Å². The van der Waals surface area contributed by atoms with Crippen LogP contribution in [-0.2, 0) is 26.0 Å². The Balaban J connectivity index is 1.98. The van der Waals surface area contributed by atoms with Gasteiger partial charge in [0.25, 0.3) is 10.0 Å². The largest absolute Gasteiger partial charge is 0.464 e. The summed E-state index contributed by atoms with van der Waals surface area (Å²) in [5.41, 5.74) is 2.89. The summed E-state index contributed by atoms with van der Waals surface area (Å²) >= 11 is 0. The minimum absolute atomic E-state index is 0.145. The molecule has 3 aromatic carbocycles. The first kappa shape index (κ1) is 23.8. The molecule has 0 saturated carbocycles. The summed E-state index contributed by atoms with van der Waals surface area (Å²) in [5, 5.41) is 12.2. The van der Waals surface area contributed by atoms with Crippen molar-refractivity contribution >= 4 is 27.4 Å². The average molecular weight is 464 g/mol. The second kappa shape index (κ2) is 10.7. The van der Waals surface area contributed by atoms with E-state index in [2.05, 4.69) is 16.1 Å². The summed E-state index contributed by atoms with van der Waals surface area (Å²) < 4.78 is 33.5. The quantitative estimate of drug-likeness (QED) is 0.448.